The molecule has 0 saturated heterocycles. The summed E-state index contributed by atoms with van der Waals surface area (Å²) in [4.78, 5) is 1.09. The molecule has 3 aromatic rings. The maximum absolute atomic E-state index is 4.52. The van der Waals surface area contributed by atoms with Crippen LogP contribution in [0.15, 0.2) is 54.6 Å². The van der Waals surface area contributed by atoms with E-state index < -0.39 is 0 Å². The zero-order valence-electron chi connectivity index (χ0n) is 12.6. The third kappa shape index (κ3) is 3.06. The zero-order valence-corrected chi connectivity index (χ0v) is 13.4. The summed E-state index contributed by atoms with van der Waals surface area (Å²) in [5.74, 6) is 0. The van der Waals surface area contributed by atoms with Crippen molar-refractivity contribution in [1.29, 1.82) is 0 Å². The van der Waals surface area contributed by atoms with Gasteiger partial charge in [0.15, 0.2) is 0 Å². The maximum Gasteiger partial charge on any atom is 0.0926 e. The van der Waals surface area contributed by atoms with Gasteiger partial charge in [0.25, 0.3) is 0 Å². The van der Waals surface area contributed by atoms with Gasteiger partial charge in [0, 0.05) is 11.6 Å². The lowest BCUT2D eigenvalue weighted by molar-refractivity contribution is 0.590. The Labute approximate surface area is 130 Å². The van der Waals surface area contributed by atoms with Crippen LogP contribution >= 0.6 is 11.5 Å². The van der Waals surface area contributed by atoms with Crippen molar-refractivity contribution in [3.63, 3.8) is 0 Å². The highest BCUT2D eigenvalue weighted by atomic mass is 32.1. The van der Waals surface area contributed by atoms with Gasteiger partial charge in [-0.05, 0) is 28.1 Å². The minimum atomic E-state index is 0.186. The summed E-state index contributed by atoms with van der Waals surface area (Å²) >= 11 is 1.51. The van der Waals surface area contributed by atoms with Crippen LogP contribution in [0.25, 0.3) is 21.7 Å². The SMILES string of the molecule is CC(C)(C)c1ccc(-c2[c]c(-c3ccccc3)ns2)cc1. The topological polar surface area (TPSA) is 12.9 Å². The first-order chi connectivity index (χ1) is 10.0. The summed E-state index contributed by atoms with van der Waals surface area (Å²) in [6.45, 7) is 6.69. The third-order valence-electron chi connectivity index (χ3n) is 3.52. The van der Waals surface area contributed by atoms with E-state index in [0.717, 1.165) is 16.1 Å². The van der Waals surface area contributed by atoms with Crippen LogP contribution in [0.1, 0.15) is 26.3 Å². The highest BCUT2D eigenvalue weighted by Crippen LogP contribution is 2.30. The van der Waals surface area contributed by atoms with Crippen LogP contribution in [0.4, 0.5) is 0 Å². The quantitative estimate of drug-likeness (QED) is 0.601. The Morgan fingerprint density at radius 1 is 0.857 bits per heavy atom. The van der Waals surface area contributed by atoms with E-state index in [1.165, 1.54) is 22.7 Å². The smallest absolute Gasteiger partial charge is 0.0926 e. The lowest BCUT2D eigenvalue weighted by Crippen LogP contribution is -2.10. The number of hydrogen-bond donors (Lipinski definition) is 0. The Morgan fingerprint density at radius 3 is 2.14 bits per heavy atom. The monoisotopic (exact) mass is 292 g/mol. The minimum absolute atomic E-state index is 0.186. The van der Waals surface area contributed by atoms with Gasteiger partial charge >= 0.3 is 0 Å². The molecule has 0 atom stereocenters. The molecule has 0 unspecified atom stereocenters. The second kappa shape index (κ2) is 5.45. The van der Waals surface area contributed by atoms with E-state index in [0.29, 0.717) is 0 Å². The molecule has 0 bridgehead atoms. The maximum atomic E-state index is 4.52. The summed E-state index contributed by atoms with van der Waals surface area (Å²) in [6.07, 6.45) is 0. The second-order valence-corrected chi connectivity index (χ2v) is 6.95. The number of nitrogens with zero attached hydrogens (tertiary/aromatic N) is 1. The highest BCUT2D eigenvalue weighted by molar-refractivity contribution is 7.09. The fraction of sp³-hybridized carbons (Fsp3) is 0.211. The van der Waals surface area contributed by atoms with Crippen molar-refractivity contribution in [3.8, 4) is 21.7 Å². The minimum Gasteiger partial charge on any atom is -0.191 e. The van der Waals surface area contributed by atoms with E-state index in [-0.39, 0.29) is 5.41 Å². The molecule has 0 spiro atoms. The first-order valence-corrected chi connectivity index (χ1v) is 7.87. The number of benzene rings is 2. The van der Waals surface area contributed by atoms with E-state index in [9.17, 15) is 0 Å². The van der Waals surface area contributed by atoms with Crippen LogP contribution in [0, 0.1) is 6.07 Å². The summed E-state index contributed by atoms with van der Waals surface area (Å²) in [7, 11) is 0. The van der Waals surface area contributed by atoms with Crippen molar-refractivity contribution < 1.29 is 0 Å². The van der Waals surface area contributed by atoms with Crippen molar-refractivity contribution in [2.75, 3.05) is 0 Å². The zero-order chi connectivity index (χ0) is 14.9. The molecule has 0 aliphatic heterocycles. The average molecular weight is 292 g/mol. The van der Waals surface area contributed by atoms with Crippen molar-refractivity contribution in [2.24, 2.45) is 0 Å². The third-order valence-corrected chi connectivity index (χ3v) is 4.31. The lowest BCUT2D eigenvalue weighted by atomic mass is 9.86. The molecule has 0 fully saturated rings. The van der Waals surface area contributed by atoms with Crippen LogP contribution in [0.3, 0.4) is 0 Å². The number of hydrogen-bond acceptors (Lipinski definition) is 2. The van der Waals surface area contributed by atoms with E-state index in [2.05, 4.69) is 67.6 Å². The Hall–Kier alpha value is -1.93. The van der Waals surface area contributed by atoms with E-state index in [1.54, 1.807) is 0 Å². The van der Waals surface area contributed by atoms with Gasteiger partial charge in [0.05, 0.1) is 10.6 Å². The van der Waals surface area contributed by atoms with Crippen LogP contribution in [-0.2, 0) is 5.41 Å². The van der Waals surface area contributed by atoms with Crippen LogP contribution in [0.5, 0.6) is 0 Å². The molecule has 1 radical (unpaired) electrons. The van der Waals surface area contributed by atoms with Gasteiger partial charge in [-0.25, -0.2) is 0 Å². The molecular formula is C19H18NS. The molecule has 1 nitrogen and oxygen atoms in total. The molecule has 105 valence electrons. The van der Waals surface area contributed by atoms with Crippen molar-refractivity contribution in [1.82, 2.24) is 4.37 Å². The summed E-state index contributed by atoms with van der Waals surface area (Å²) in [5.41, 5.74) is 4.76. The standard InChI is InChI=1S/C19H18NS/c1-19(2,3)16-11-9-15(10-12-16)18-13-17(20-21-18)14-7-5-4-6-8-14/h4-12H,1-3H3. The predicted molar refractivity (Wildman–Crippen MR) is 90.5 cm³/mol. The van der Waals surface area contributed by atoms with Crippen LogP contribution in [0.2, 0.25) is 0 Å². The predicted octanol–water partition coefficient (Wildman–Crippen LogP) is 5.57. The fourth-order valence-corrected chi connectivity index (χ4v) is 2.93. The normalized spacial score (nSPS) is 11.6. The Bertz CT molecular complexity index is 718. The average Bonchev–Trinajstić information content (AvgIpc) is 2.97. The number of aromatic nitrogens is 1. The first-order valence-electron chi connectivity index (χ1n) is 7.09. The summed E-state index contributed by atoms with van der Waals surface area (Å²) < 4.78 is 4.52. The van der Waals surface area contributed by atoms with Gasteiger partial charge in [-0.2, -0.15) is 4.37 Å². The molecule has 0 aliphatic carbocycles. The molecule has 21 heavy (non-hydrogen) atoms. The Kier molecular flexibility index (Phi) is 3.64. The Balaban J connectivity index is 1.90. The van der Waals surface area contributed by atoms with Gasteiger partial charge in [-0.15, -0.1) is 0 Å². The highest BCUT2D eigenvalue weighted by Gasteiger charge is 2.14. The van der Waals surface area contributed by atoms with Crippen molar-refractivity contribution >= 4 is 11.5 Å². The van der Waals surface area contributed by atoms with Gasteiger partial charge < -0.3 is 0 Å². The molecule has 2 aromatic carbocycles. The molecule has 0 aliphatic rings. The number of rotatable bonds is 2. The molecule has 1 heterocycles. The van der Waals surface area contributed by atoms with E-state index >= 15 is 0 Å². The van der Waals surface area contributed by atoms with Gasteiger partial charge in [-0.1, -0.05) is 75.4 Å². The van der Waals surface area contributed by atoms with Gasteiger partial charge in [0.2, 0.25) is 0 Å². The molecular weight excluding hydrogens is 274 g/mol. The van der Waals surface area contributed by atoms with Crippen LogP contribution < -0.4 is 0 Å². The molecule has 0 saturated carbocycles. The van der Waals surface area contributed by atoms with Crippen molar-refractivity contribution in [3.05, 3.63) is 66.2 Å². The summed E-state index contributed by atoms with van der Waals surface area (Å²) in [5, 5.41) is 0. The van der Waals surface area contributed by atoms with Crippen LogP contribution in [-0.4, -0.2) is 4.37 Å². The van der Waals surface area contributed by atoms with E-state index in [4.69, 9.17) is 0 Å². The van der Waals surface area contributed by atoms with Gasteiger partial charge in [-0.3, -0.25) is 0 Å². The largest absolute Gasteiger partial charge is 0.191 e. The summed E-state index contributed by atoms with van der Waals surface area (Å²) in [6, 6.07) is 22.3. The Morgan fingerprint density at radius 2 is 1.52 bits per heavy atom. The second-order valence-electron chi connectivity index (χ2n) is 6.18. The molecule has 0 N–H and O–H groups in total. The van der Waals surface area contributed by atoms with Crippen molar-refractivity contribution in [2.45, 2.75) is 26.2 Å². The fourth-order valence-electron chi connectivity index (χ4n) is 2.21. The first kappa shape index (κ1) is 14.0. The van der Waals surface area contributed by atoms with Gasteiger partial charge in [0.1, 0.15) is 0 Å². The molecule has 2 heteroatoms. The molecule has 3 rings (SSSR count). The van der Waals surface area contributed by atoms with E-state index in [1.807, 2.05) is 18.2 Å². The molecule has 1 aromatic heterocycles. The lowest BCUT2D eigenvalue weighted by Gasteiger charge is -2.18. The molecule has 0 amide bonds.